The van der Waals surface area contributed by atoms with E-state index >= 15 is 0 Å². The van der Waals surface area contributed by atoms with E-state index in [9.17, 15) is 0 Å². The number of nitrogens with two attached hydrogens (primary N) is 1. The van der Waals surface area contributed by atoms with E-state index in [4.69, 9.17) is 10.6 Å². The Bertz CT molecular complexity index is 410. The minimum Gasteiger partial charge on any atom is -0.376 e. The SMILES string of the molecule is CCOC(C(Cc1ncnn1CC(C)C)NN)C(C)(C)C. The highest BCUT2D eigenvalue weighted by Crippen LogP contribution is 2.26. The lowest BCUT2D eigenvalue weighted by molar-refractivity contribution is -0.0361. The molecule has 6 nitrogen and oxygen atoms in total. The number of hydrogen-bond acceptors (Lipinski definition) is 5. The maximum Gasteiger partial charge on any atom is 0.138 e. The van der Waals surface area contributed by atoms with Gasteiger partial charge in [0.15, 0.2) is 0 Å². The van der Waals surface area contributed by atoms with Crippen LogP contribution >= 0.6 is 0 Å². The minimum atomic E-state index is -0.00402. The number of aromatic nitrogens is 3. The van der Waals surface area contributed by atoms with Gasteiger partial charge in [0.1, 0.15) is 12.2 Å². The lowest BCUT2D eigenvalue weighted by Gasteiger charge is -2.36. The molecule has 0 aliphatic heterocycles. The van der Waals surface area contributed by atoms with Gasteiger partial charge in [0.05, 0.1) is 12.1 Å². The molecule has 0 aliphatic carbocycles. The maximum atomic E-state index is 5.93. The molecule has 0 saturated carbocycles. The molecule has 0 saturated heterocycles. The monoisotopic (exact) mass is 297 g/mol. The quantitative estimate of drug-likeness (QED) is 0.565. The van der Waals surface area contributed by atoms with Crippen molar-refractivity contribution in [2.24, 2.45) is 17.2 Å². The fraction of sp³-hybridized carbons (Fsp3) is 0.867. The van der Waals surface area contributed by atoms with E-state index in [-0.39, 0.29) is 17.6 Å². The van der Waals surface area contributed by atoms with Gasteiger partial charge >= 0.3 is 0 Å². The maximum absolute atomic E-state index is 5.93. The van der Waals surface area contributed by atoms with Crippen molar-refractivity contribution < 1.29 is 4.74 Å². The first-order valence-electron chi connectivity index (χ1n) is 7.74. The highest BCUT2D eigenvalue weighted by molar-refractivity contribution is 4.95. The molecule has 0 spiro atoms. The third-order valence-electron chi connectivity index (χ3n) is 3.42. The Labute approximate surface area is 128 Å². The Morgan fingerprint density at radius 3 is 2.52 bits per heavy atom. The Morgan fingerprint density at radius 1 is 1.38 bits per heavy atom. The van der Waals surface area contributed by atoms with Crippen molar-refractivity contribution in [2.45, 2.75) is 66.7 Å². The molecule has 0 amide bonds. The molecule has 1 rings (SSSR count). The minimum absolute atomic E-state index is 0.0000576. The number of rotatable bonds is 8. The lowest BCUT2D eigenvalue weighted by Crippen LogP contribution is -2.52. The van der Waals surface area contributed by atoms with Crippen molar-refractivity contribution >= 4 is 0 Å². The number of ether oxygens (including phenoxy) is 1. The summed E-state index contributed by atoms with van der Waals surface area (Å²) in [6.45, 7) is 14.4. The van der Waals surface area contributed by atoms with E-state index in [0.29, 0.717) is 18.9 Å². The lowest BCUT2D eigenvalue weighted by atomic mass is 9.83. The van der Waals surface area contributed by atoms with Gasteiger partial charge in [-0.2, -0.15) is 5.10 Å². The Morgan fingerprint density at radius 2 is 2.05 bits per heavy atom. The molecule has 1 heterocycles. The van der Waals surface area contributed by atoms with Gasteiger partial charge in [-0.05, 0) is 18.3 Å². The van der Waals surface area contributed by atoms with Crippen molar-refractivity contribution in [3.05, 3.63) is 12.2 Å². The molecule has 2 unspecified atom stereocenters. The zero-order chi connectivity index (χ0) is 16.0. The average Bonchev–Trinajstić information content (AvgIpc) is 2.78. The van der Waals surface area contributed by atoms with Crippen LogP contribution in [0, 0.1) is 11.3 Å². The van der Waals surface area contributed by atoms with Crippen molar-refractivity contribution in [1.82, 2.24) is 20.2 Å². The number of hydrazine groups is 1. The summed E-state index contributed by atoms with van der Waals surface area (Å²) in [6, 6.07) is 0.0000576. The highest BCUT2D eigenvalue weighted by atomic mass is 16.5. The van der Waals surface area contributed by atoms with Crippen LogP contribution in [0.25, 0.3) is 0 Å². The molecule has 1 aromatic heterocycles. The van der Waals surface area contributed by atoms with Crippen LogP contribution in [0.2, 0.25) is 0 Å². The second-order valence-electron chi connectivity index (χ2n) is 6.97. The summed E-state index contributed by atoms with van der Waals surface area (Å²) in [5.74, 6) is 7.25. The van der Waals surface area contributed by atoms with Crippen LogP contribution in [0.1, 0.15) is 47.4 Å². The van der Waals surface area contributed by atoms with E-state index in [1.54, 1.807) is 6.33 Å². The largest absolute Gasteiger partial charge is 0.376 e. The first kappa shape index (κ1) is 18.1. The van der Waals surface area contributed by atoms with Gasteiger partial charge in [0.25, 0.3) is 0 Å². The van der Waals surface area contributed by atoms with E-state index in [1.165, 1.54) is 0 Å². The van der Waals surface area contributed by atoms with Gasteiger partial charge in [-0.25, -0.2) is 9.67 Å². The predicted octanol–water partition coefficient (Wildman–Crippen LogP) is 1.76. The van der Waals surface area contributed by atoms with E-state index in [2.05, 4.69) is 50.1 Å². The molecular formula is C15H31N5O. The first-order valence-corrected chi connectivity index (χ1v) is 7.74. The topological polar surface area (TPSA) is 78.0 Å². The normalized spacial score (nSPS) is 15.4. The van der Waals surface area contributed by atoms with Crippen LogP contribution in [0.4, 0.5) is 0 Å². The third-order valence-corrected chi connectivity index (χ3v) is 3.42. The van der Waals surface area contributed by atoms with Gasteiger partial charge < -0.3 is 4.74 Å². The second-order valence-corrected chi connectivity index (χ2v) is 6.97. The Hall–Kier alpha value is -0.980. The first-order chi connectivity index (χ1) is 9.79. The summed E-state index contributed by atoms with van der Waals surface area (Å²) in [7, 11) is 0. The van der Waals surface area contributed by atoms with Crippen LogP contribution < -0.4 is 11.3 Å². The summed E-state index contributed by atoms with van der Waals surface area (Å²) in [5, 5.41) is 4.31. The van der Waals surface area contributed by atoms with Crippen LogP contribution in [0.3, 0.4) is 0 Å². The summed E-state index contributed by atoms with van der Waals surface area (Å²) < 4.78 is 7.89. The van der Waals surface area contributed by atoms with E-state index in [0.717, 1.165) is 12.4 Å². The summed E-state index contributed by atoms with van der Waals surface area (Å²) in [6.07, 6.45) is 2.32. The summed E-state index contributed by atoms with van der Waals surface area (Å²) >= 11 is 0. The molecule has 122 valence electrons. The Kier molecular flexibility index (Phi) is 6.77. The van der Waals surface area contributed by atoms with E-state index < -0.39 is 0 Å². The summed E-state index contributed by atoms with van der Waals surface area (Å²) in [5.41, 5.74) is 2.90. The number of nitrogens with zero attached hydrogens (tertiary/aromatic N) is 3. The van der Waals surface area contributed by atoms with Gasteiger partial charge in [0.2, 0.25) is 0 Å². The molecule has 0 radical (unpaired) electrons. The van der Waals surface area contributed by atoms with E-state index in [1.807, 2.05) is 11.6 Å². The molecule has 0 fully saturated rings. The van der Waals surface area contributed by atoms with Gasteiger partial charge in [-0.15, -0.1) is 0 Å². The average molecular weight is 297 g/mol. The fourth-order valence-electron chi connectivity index (χ4n) is 2.54. The standard InChI is InChI=1S/C15H31N5O/c1-7-21-14(15(4,5)6)12(19-16)8-13-17-10-18-20(13)9-11(2)3/h10-12,14,19H,7-9,16H2,1-6H3. The molecule has 1 aromatic rings. The van der Waals surface area contributed by atoms with Gasteiger partial charge in [0, 0.05) is 19.6 Å². The van der Waals surface area contributed by atoms with Crippen LogP contribution in [0.15, 0.2) is 6.33 Å². The third kappa shape index (κ3) is 5.37. The molecule has 0 bridgehead atoms. The second kappa shape index (κ2) is 7.87. The smallest absolute Gasteiger partial charge is 0.138 e. The Balaban J connectivity index is 2.88. The zero-order valence-corrected chi connectivity index (χ0v) is 14.3. The highest BCUT2D eigenvalue weighted by Gasteiger charge is 2.33. The molecule has 0 aromatic carbocycles. The van der Waals surface area contributed by atoms with Crippen molar-refractivity contribution in [1.29, 1.82) is 0 Å². The summed E-state index contributed by atoms with van der Waals surface area (Å²) in [4.78, 5) is 4.38. The van der Waals surface area contributed by atoms with Gasteiger partial charge in [-0.3, -0.25) is 11.3 Å². The number of nitrogens with one attached hydrogen (secondary N) is 1. The molecule has 3 N–H and O–H groups in total. The van der Waals surface area contributed by atoms with Crippen molar-refractivity contribution in [3.63, 3.8) is 0 Å². The molecule has 6 heteroatoms. The zero-order valence-electron chi connectivity index (χ0n) is 14.3. The van der Waals surface area contributed by atoms with Crippen molar-refractivity contribution in [2.75, 3.05) is 6.61 Å². The van der Waals surface area contributed by atoms with Crippen LogP contribution in [-0.4, -0.2) is 33.5 Å². The number of hydrogen-bond donors (Lipinski definition) is 2. The molecule has 0 aliphatic rings. The van der Waals surface area contributed by atoms with Gasteiger partial charge in [-0.1, -0.05) is 34.6 Å². The van der Waals surface area contributed by atoms with Crippen LogP contribution in [-0.2, 0) is 17.7 Å². The van der Waals surface area contributed by atoms with Crippen molar-refractivity contribution in [3.8, 4) is 0 Å². The molecule has 2 atom stereocenters. The molecular weight excluding hydrogens is 266 g/mol. The predicted molar refractivity (Wildman–Crippen MR) is 84.5 cm³/mol. The van der Waals surface area contributed by atoms with Crippen LogP contribution in [0.5, 0.6) is 0 Å². The molecule has 21 heavy (non-hydrogen) atoms. The fourth-order valence-corrected chi connectivity index (χ4v) is 2.54.